The molecule has 0 bridgehead atoms. The Morgan fingerprint density at radius 1 is 1.00 bits per heavy atom. The van der Waals surface area contributed by atoms with Gasteiger partial charge in [0.1, 0.15) is 0 Å². The van der Waals surface area contributed by atoms with Crippen molar-refractivity contribution in [2.24, 2.45) is 0 Å². The summed E-state index contributed by atoms with van der Waals surface area (Å²) in [7, 11) is 0. The summed E-state index contributed by atoms with van der Waals surface area (Å²) in [5.74, 6) is 0. The first-order valence-electron chi connectivity index (χ1n) is 0. The molecule has 0 amide bonds. The van der Waals surface area contributed by atoms with Crippen molar-refractivity contribution >= 4 is 17.4 Å². The zero-order chi connectivity index (χ0) is 0. The van der Waals surface area contributed by atoms with E-state index in [2.05, 4.69) is 0 Å². The minimum absolute atomic E-state index is 0. The molecule has 0 aliphatic heterocycles. The van der Waals surface area contributed by atoms with Gasteiger partial charge in [-0.05, 0) is 0 Å². The van der Waals surface area contributed by atoms with Crippen molar-refractivity contribution in [2.75, 3.05) is 0 Å². The van der Waals surface area contributed by atoms with Gasteiger partial charge in [-0.1, -0.05) is 0 Å². The first kappa shape index (κ1) is 24.1. The van der Waals surface area contributed by atoms with Crippen LogP contribution in [0.2, 0.25) is 0 Å². The summed E-state index contributed by atoms with van der Waals surface area (Å²) in [5.41, 5.74) is 0. The van der Waals surface area contributed by atoms with Gasteiger partial charge in [0, 0.05) is 110 Å². The average molecular weight is 451 g/mol. The summed E-state index contributed by atoms with van der Waals surface area (Å²) in [6, 6.07) is 0. The molecule has 0 atom stereocenters. The predicted octanol–water partition coefficient (Wildman–Crippen LogP) is -1.19. The van der Waals surface area contributed by atoms with Crippen molar-refractivity contribution < 1.29 is 110 Å². The molecule has 2 radical (unpaired) electrons. The van der Waals surface area contributed by atoms with E-state index in [-0.39, 0.29) is 127 Å². The van der Waals surface area contributed by atoms with Gasteiger partial charge >= 0.3 is 0 Å². The van der Waals surface area contributed by atoms with Gasteiger partial charge in [0.05, 0.1) is 0 Å². The van der Waals surface area contributed by atoms with Gasteiger partial charge in [-0.3, -0.25) is 0 Å². The Balaban J connectivity index is 0. The molecule has 0 saturated carbocycles. The van der Waals surface area contributed by atoms with Gasteiger partial charge in [0.2, 0.25) is 0 Å². The van der Waals surface area contributed by atoms with Crippen LogP contribution in [0.1, 0.15) is 0 Å². The smallest absolute Gasteiger partial charge is 0 e. The van der Waals surface area contributed by atoms with E-state index in [1.54, 1.807) is 0 Å². The van der Waals surface area contributed by atoms with Crippen LogP contribution < -0.4 is 0 Å². The molecule has 0 heterocycles. The molecule has 0 spiro atoms. The topological polar surface area (TPSA) is 0 Å². The summed E-state index contributed by atoms with van der Waals surface area (Å²) < 4.78 is 0. The predicted molar refractivity (Wildman–Crippen MR) is 9.94 cm³/mol. The van der Waals surface area contributed by atoms with Gasteiger partial charge in [-0.15, -0.1) is 0 Å². The van der Waals surface area contributed by atoms with Crippen LogP contribution in [0.3, 0.4) is 0 Å². The van der Waals surface area contributed by atoms with Gasteiger partial charge in [-0.25, -0.2) is 0 Å². The van der Waals surface area contributed by atoms with Crippen LogP contribution in [0.5, 0.6) is 0 Å². The Bertz CT molecular complexity index is 8.00. The Labute approximate surface area is 123 Å². The molecule has 0 N–H and O–H groups in total. The van der Waals surface area contributed by atoms with Crippen LogP contribution in [0, 0.1) is 76.8 Å². The van der Waals surface area contributed by atoms with Crippen molar-refractivity contribution in [3.05, 3.63) is 0 Å². The molecule has 0 rings (SSSR count). The van der Waals surface area contributed by atoms with E-state index in [1.165, 1.54) is 0 Å². The fourth-order valence-corrected chi connectivity index (χ4v) is 0. The summed E-state index contributed by atoms with van der Waals surface area (Å²) in [6.07, 6.45) is 0. The zero-order valence-electron chi connectivity index (χ0n) is 1.19. The van der Waals surface area contributed by atoms with Crippen molar-refractivity contribution in [3.8, 4) is 0 Å². The molecule has 0 nitrogen and oxygen atoms in total. The average Bonchev–Trinajstić information content (AvgIpc) is 0. The first-order valence-corrected chi connectivity index (χ1v) is 0. The maximum absolute atomic E-state index is 0. The van der Waals surface area contributed by atoms with E-state index >= 15 is 0 Å². The van der Waals surface area contributed by atoms with Crippen LogP contribution in [0.25, 0.3) is 0 Å². The molecular weight excluding hydrogens is 448 g/mol. The summed E-state index contributed by atoms with van der Waals surface area (Å²) in [4.78, 5) is 0. The van der Waals surface area contributed by atoms with Crippen molar-refractivity contribution in [2.45, 2.75) is 0 Å². The van der Waals surface area contributed by atoms with Gasteiger partial charge in [0.15, 0.2) is 17.4 Å². The second-order valence-corrected chi connectivity index (χ2v) is 0. The van der Waals surface area contributed by atoms with Gasteiger partial charge < -0.3 is 0 Å². The van der Waals surface area contributed by atoms with Crippen LogP contribution in [0.15, 0.2) is 0 Å². The van der Waals surface area contributed by atoms with Gasteiger partial charge in [0.25, 0.3) is 0 Å². The molecule has 0 aromatic carbocycles. The third-order valence-electron chi connectivity index (χ3n) is 0. The normalized spacial score (nSPS) is 0. The molecule has 32 valence electrons. The minimum atomic E-state index is 0. The first-order chi connectivity index (χ1) is 0. The fraction of sp³-hybridized carbons (Fsp3) is 0. The molecular formula is H3AlGdLuY. The second-order valence-electron chi connectivity index (χ2n) is 0. The molecule has 4 heavy (non-hydrogen) atoms. The molecule has 0 unspecified atom stereocenters. The zero-order valence-corrected chi connectivity index (χ0v) is 7.95. The number of hydrogen-bond acceptors (Lipinski definition) is 0. The van der Waals surface area contributed by atoms with E-state index in [0.29, 0.717) is 0 Å². The summed E-state index contributed by atoms with van der Waals surface area (Å²) in [6.45, 7) is 0. The van der Waals surface area contributed by atoms with Crippen molar-refractivity contribution in [3.63, 3.8) is 0 Å². The second kappa shape index (κ2) is 15.7. The summed E-state index contributed by atoms with van der Waals surface area (Å²) in [5, 5.41) is 0. The SMILES string of the molecule is [AlH3].[Gd].[Lu].[Y]. The third-order valence-corrected chi connectivity index (χ3v) is 0. The standard InChI is InChI=1S/Al.Gd.Lu.Y.3H. The van der Waals surface area contributed by atoms with Crippen molar-refractivity contribution in [1.82, 2.24) is 0 Å². The number of hydrogen-bond donors (Lipinski definition) is 0. The monoisotopic (exact) mass is 452 g/mol. The van der Waals surface area contributed by atoms with Crippen LogP contribution >= 0.6 is 0 Å². The number of rotatable bonds is 0. The largest absolute Gasteiger partial charge is 0.187 e. The maximum atomic E-state index is 0. The summed E-state index contributed by atoms with van der Waals surface area (Å²) >= 11 is 0. The van der Waals surface area contributed by atoms with Crippen molar-refractivity contribution in [1.29, 1.82) is 0 Å². The third kappa shape index (κ3) is 9.50. The van der Waals surface area contributed by atoms with Crippen LogP contribution in [-0.4, -0.2) is 17.4 Å². The molecule has 4 heteroatoms. The van der Waals surface area contributed by atoms with E-state index in [9.17, 15) is 0 Å². The maximum Gasteiger partial charge on any atom is 0.187 e. The Hall–Kier alpha value is 4.19. The minimum Gasteiger partial charge on any atom is 0 e. The quantitative estimate of drug-likeness (QED) is 0.407. The molecule has 0 aliphatic carbocycles. The van der Waals surface area contributed by atoms with E-state index in [0.717, 1.165) is 0 Å². The van der Waals surface area contributed by atoms with Crippen LogP contribution in [0.4, 0.5) is 0 Å². The molecule has 0 aliphatic rings. The molecule has 0 saturated heterocycles. The molecule has 0 aromatic heterocycles. The molecule has 0 fully saturated rings. The van der Waals surface area contributed by atoms with E-state index < -0.39 is 0 Å². The van der Waals surface area contributed by atoms with Crippen LogP contribution in [-0.2, 0) is 32.7 Å². The fourth-order valence-electron chi connectivity index (χ4n) is 0. The van der Waals surface area contributed by atoms with Gasteiger partial charge in [-0.2, -0.15) is 0 Å². The Morgan fingerprint density at radius 3 is 1.00 bits per heavy atom. The van der Waals surface area contributed by atoms with E-state index in [1.807, 2.05) is 0 Å². The Kier molecular flexibility index (Phi) is 94.6. The Morgan fingerprint density at radius 2 is 1.00 bits per heavy atom. The molecule has 0 aromatic rings. The van der Waals surface area contributed by atoms with E-state index in [4.69, 9.17) is 0 Å².